The Morgan fingerprint density at radius 2 is 1.63 bits per heavy atom. The monoisotopic (exact) mass is 274 g/mol. The van der Waals surface area contributed by atoms with Gasteiger partial charge in [-0.1, -0.05) is 19.1 Å². The summed E-state index contributed by atoms with van der Waals surface area (Å²) in [7, 11) is 3.85. The molecule has 2 N–H and O–H groups in total. The van der Waals surface area contributed by atoms with Crippen LogP contribution in [0.15, 0.2) is 24.3 Å². The van der Waals surface area contributed by atoms with Crippen LogP contribution in [-0.4, -0.2) is 24.5 Å². The van der Waals surface area contributed by atoms with Crippen LogP contribution in [0.1, 0.15) is 37.4 Å². The van der Waals surface area contributed by atoms with E-state index in [4.69, 9.17) is 5.73 Å². The van der Waals surface area contributed by atoms with Gasteiger partial charge in [-0.05, 0) is 45.1 Å². The number of rotatable bonds is 4. The molecule has 0 aliphatic carbocycles. The molecule has 0 saturated heterocycles. The largest absolute Gasteiger partial charge is 0.416 e. The zero-order valence-corrected chi connectivity index (χ0v) is 11.8. The van der Waals surface area contributed by atoms with Gasteiger partial charge in [-0.3, -0.25) is 0 Å². The first-order valence-electron chi connectivity index (χ1n) is 6.23. The third kappa shape index (κ3) is 3.28. The summed E-state index contributed by atoms with van der Waals surface area (Å²) in [5.74, 6) is 0. The highest BCUT2D eigenvalue weighted by Crippen LogP contribution is 2.33. The summed E-state index contributed by atoms with van der Waals surface area (Å²) in [4.78, 5) is 2.01. The normalized spacial score (nSPS) is 17.3. The lowest BCUT2D eigenvalue weighted by Crippen LogP contribution is -2.49. The first kappa shape index (κ1) is 16.0. The minimum atomic E-state index is -4.31. The van der Waals surface area contributed by atoms with Crippen LogP contribution < -0.4 is 5.73 Å². The van der Waals surface area contributed by atoms with E-state index >= 15 is 0 Å². The second-order valence-corrected chi connectivity index (χ2v) is 5.20. The van der Waals surface area contributed by atoms with E-state index in [1.54, 1.807) is 0 Å². The number of alkyl halides is 3. The summed E-state index contributed by atoms with van der Waals surface area (Å²) in [6, 6.07) is 4.76. The van der Waals surface area contributed by atoms with Crippen LogP contribution in [0.3, 0.4) is 0 Å². The zero-order chi connectivity index (χ0) is 14.8. The van der Waals surface area contributed by atoms with Gasteiger partial charge in [0.2, 0.25) is 0 Å². The van der Waals surface area contributed by atoms with Crippen LogP contribution in [0.2, 0.25) is 0 Å². The highest BCUT2D eigenvalue weighted by Gasteiger charge is 2.34. The highest BCUT2D eigenvalue weighted by molar-refractivity contribution is 5.28. The van der Waals surface area contributed by atoms with Crippen molar-refractivity contribution in [1.82, 2.24) is 4.90 Å². The molecule has 0 amide bonds. The minimum absolute atomic E-state index is 0.292. The van der Waals surface area contributed by atoms with E-state index < -0.39 is 11.7 Å². The molecule has 2 atom stereocenters. The van der Waals surface area contributed by atoms with E-state index in [1.807, 2.05) is 32.8 Å². The minimum Gasteiger partial charge on any atom is -0.322 e. The van der Waals surface area contributed by atoms with Gasteiger partial charge in [-0.15, -0.1) is 0 Å². The third-order valence-electron chi connectivity index (χ3n) is 4.00. The fourth-order valence-corrected chi connectivity index (χ4v) is 2.05. The molecule has 2 unspecified atom stereocenters. The van der Waals surface area contributed by atoms with Crippen molar-refractivity contribution in [3.8, 4) is 0 Å². The smallest absolute Gasteiger partial charge is 0.322 e. The lowest BCUT2D eigenvalue weighted by atomic mass is 9.84. The van der Waals surface area contributed by atoms with Crippen LogP contribution in [0.25, 0.3) is 0 Å². The SMILES string of the molecule is CCC(C)(C(N)c1ccc(C(F)(F)F)cc1)N(C)C. The zero-order valence-electron chi connectivity index (χ0n) is 11.8. The summed E-state index contributed by atoms with van der Waals surface area (Å²) in [5.41, 5.74) is 6.00. The Balaban J connectivity index is 3.04. The maximum atomic E-state index is 12.5. The average molecular weight is 274 g/mol. The maximum Gasteiger partial charge on any atom is 0.416 e. The van der Waals surface area contributed by atoms with E-state index in [1.165, 1.54) is 12.1 Å². The Kier molecular flexibility index (Phi) is 4.63. The van der Waals surface area contributed by atoms with Crippen molar-refractivity contribution < 1.29 is 13.2 Å². The number of hydrogen-bond donors (Lipinski definition) is 1. The molecule has 1 aromatic carbocycles. The van der Waals surface area contributed by atoms with Gasteiger partial charge >= 0.3 is 6.18 Å². The van der Waals surface area contributed by atoms with Crippen LogP contribution in [0, 0.1) is 0 Å². The average Bonchev–Trinajstić information content (AvgIpc) is 2.35. The molecule has 0 spiro atoms. The molecule has 19 heavy (non-hydrogen) atoms. The molecule has 108 valence electrons. The van der Waals surface area contributed by atoms with Gasteiger partial charge in [-0.25, -0.2) is 0 Å². The Morgan fingerprint density at radius 1 is 1.16 bits per heavy atom. The topological polar surface area (TPSA) is 29.3 Å². The molecule has 0 radical (unpaired) electrons. The standard InChI is InChI=1S/C14H21F3N2/c1-5-13(2,19(3)4)12(18)10-6-8-11(9-7-10)14(15,16)17/h6-9,12H,5,18H2,1-4H3. The number of halogens is 3. The molecule has 5 heteroatoms. The maximum absolute atomic E-state index is 12.5. The van der Waals surface area contributed by atoms with E-state index in [9.17, 15) is 13.2 Å². The van der Waals surface area contributed by atoms with Gasteiger partial charge in [0.1, 0.15) is 0 Å². The predicted molar refractivity (Wildman–Crippen MR) is 70.8 cm³/mol. The highest BCUT2D eigenvalue weighted by atomic mass is 19.4. The third-order valence-corrected chi connectivity index (χ3v) is 4.00. The van der Waals surface area contributed by atoms with Gasteiger partial charge in [0.25, 0.3) is 0 Å². The number of benzene rings is 1. The molecule has 1 rings (SSSR count). The van der Waals surface area contributed by atoms with Gasteiger partial charge < -0.3 is 10.6 Å². The first-order chi connectivity index (χ1) is 8.63. The van der Waals surface area contributed by atoms with E-state index in [-0.39, 0.29) is 11.6 Å². The molecule has 0 aliphatic rings. The molecule has 0 bridgehead atoms. The molecule has 0 aliphatic heterocycles. The van der Waals surface area contributed by atoms with Crippen molar-refractivity contribution >= 4 is 0 Å². The Morgan fingerprint density at radius 3 is 1.95 bits per heavy atom. The van der Waals surface area contributed by atoms with E-state index in [0.29, 0.717) is 5.56 Å². The van der Waals surface area contributed by atoms with Gasteiger partial charge in [-0.2, -0.15) is 13.2 Å². The van der Waals surface area contributed by atoms with Gasteiger partial charge in [0.15, 0.2) is 0 Å². The van der Waals surface area contributed by atoms with Crippen molar-refractivity contribution in [3.63, 3.8) is 0 Å². The molecule has 0 aromatic heterocycles. The van der Waals surface area contributed by atoms with Crippen LogP contribution in [0.5, 0.6) is 0 Å². The van der Waals surface area contributed by atoms with Gasteiger partial charge in [0.05, 0.1) is 5.56 Å². The molecule has 2 nitrogen and oxygen atoms in total. The van der Waals surface area contributed by atoms with E-state index in [2.05, 4.69) is 0 Å². The van der Waals surface area contributed by atoms with Crippen molar-refractivity contribution in [2.45, 2.75) is 38.0 Å². The van der Waals surface area contributed by atoms with Crippen LogP contribution in [0.4, 0.5) is 13.2 Å². The number of hydrogen-bond acceptors (Lipinski definition) is 2. The van der Waals surface area contributed by atoms with Crippen molar-refractivity contribution in [2.75, 3.05) is 14.1 Å². The predicted octanol–water partition coefficient (Wildman–Crippen LogP) is 3.44. The summed E-state index contributed by atoms with van der Waals surface area (Å²) in [6.07, 6.45) is -3.50. The second kappa shape index (κ2) is 5.51. The summed E-state index contributed by atoms with van der Waals surface area (Å²) < 4.78 is 37.5. The molecule has 0 saturated carbocycles. The fraction of sp³-hybridized carbons (Fsp3) is 0.571. The lowest BCUT2D eigenvalue weighted by molar-refractivity contribution is -0.137. The van der Waals surface area contributed by atoms with Crippen molar-refractivity contribution in [2.24, 2.45) is 5.73 Å². The number of likely N-dealkylation sites (N-methyl/N-ethyl adjacent to an activating group) is 1. The Bertz CT molecular complexity index is 412. The van der Waals surface area contributed by atoms with Crippen LogP contribution >= 0.6 is 0 Å². The quantitative estimate of drug-likeness (QED) is 0.911. The van der Waals surface area contributed by atoms with Crippen LogP contribution in [-0.2, 0) is 6.18 Å². The summed E-state index contributed by atoms with van der Waals surface area (Å²) in [5, 5.41) is 0. The Hall–Kier alpha value is -1.07. The fourth-order valence-electron chi connectivity index (χ4n) is 2.05. The van der Waals surface area contributed by atoms with Crippen molar-refractivity contribution in [1.29, 1.82) is 0 Å². The van der Waals surface area contributed by atoms with Crippen molar-refractivity contribution in [3.05, 3.63) is 35.4 Å². The van der Waals surface area contributed by atoms with Gasteiger partial charge in [0, 0.05) is 11.6 Å². The molecule has 0 fully saturated rings. The number of nitrogens with two attached hydrogens (primary N) is 1. The molecular formula is C14H21F3N2. The molecule has 1 aromatic rings. The summed E-state index contributed by atoms with van der Waals surface area (Å²) in [6.45, 7) is 4.03. The first-order valence-corrected chi connectivity index (χ1v) is 6.23. The Labute approximate surface area is 112 Å². The molecule has 0 heterocycles. The second-order valence-electron chi connectivity index (χ2n) is 5.20. The molecular weight excluding hydrogens is 253 g/mol. The lowest BCUT2D eigenvalue weighted by Gasteiger charge is -2.41. The summed E-state index contributed by atoms with van der Waals surface area (Å²) >= 11 is 0. The van der Waals surface area contributed by atoms with E-state index in [0.717, 1.165) is 18.6 Å². The number of nitrogens with zero attached hydrogens (tertiary/aromatic N) is 1.